The van der Waals surface area contributed by atoms with Crippen molar-refractivity contribution in [2.45, 2.75) is 25.5 Å². The van der Waals surface area contributed by atoms with Crippen LogP contribution >= 0.6 is 36.7 Å². The SMILES string of the molecule is COCc1ccc(-c2ccc(O)cc2CCC[Si](N=C=S)(N=C=S)N=C=S)cc1. The number of ether oxygens (including phenoxy) is 1. The van der Waals surface area contributed by atoms with E-state index < -0.39 is 8.56 Å². The molecule has 0 aliphatic rings. The number of hydrogen-bond donors (Lipinski definition) is 1. The number of nitrogens with zero attached hydrogens (tertiary/aromatic N) is 3. The average molecular weight is 458 g/mol. The van der Waals surface area contributed by atoms with Crippen LogP contribution in [0.4, 0.5) is 0 Å². The first-order valence-electron chi connectivity index (χ1n) is 8.74. The predicted molar refractivity (Wildman–Crippen MR) is 128 cm³/mol. The molecule has 0 amide bonds. The molecule has 0 saturated heterocycles. The van der Waals surface area contributed by atoms with E-state index in [0.717, 1.165) is 22.3 Å². The Bertz CT molecular complexity index is 949. The minimum absolute atomic E-state index is 0.217. The molecule has 0 aliphatic carbocycles. The zero-order valence-electron chi connectivity index (χ0n) is 15.8. The van der Waals surface area contributed by atoms with Crippen LogP contribution in [0.3, 0.4) is 0 Å². The number of aryl methyl sites for hydroxylation is 1. The van der Waals surface area contributed by atoms with Crippen molar-refractivity contribution in [3.05, 3.63) is 53.6 Å². The summed E-state index contributed by atoms with van der Waals surface area (Å²) >= 11 is 14.2. The maximum Gasteiger partial charge on any atom is 0.461 e. The quantitative estimate of drug-likeness (QED) is 0.294. The van der Waals surface area contributed by atoms with Gasteiger partial charge in [0.1, 0.15) is 5.75 Å². The highest BCUT2D eigenvalue weighted by molar-refractivity contribution is 7.78. The van der Waals surface area contributed by atoms with Gasteiger partial charge in [-0.3, -0.25) is 0 Å². The van der Waals surface area contributed by atoms with Gasteiger partial charge in [0.05, 0.1) is 22.1 Å². The Morgan fingerprint density at radius 3 is 2.14 bits per heavy atom. The van der Waals surface area contributed by atoms with Crippen molar-refractivity contribution < 1.29 is 9.84 Å². The van der Waals surface area contributed by atoms with Crippen LogP contribution in [-0.2, 0) is 17.8 Å². The highest BCUT2D eigenvalue weighted by Crippen LogP contribution is 2.30. The van der Waals surface area contributed by atoms with Crippen LogP contribution in [0.2, 0.25) is 6.04 Å². The fourth-order valence-corrected chi connectivity index (χ4v) is 5.88. The minimum Gasteiger partial charge on any atom is -0.508 e. The Kier molecular flexibility index (Phi) is 9.34. The maximum atomic E-state index is 9.98. The standard InChI is InChI=1S/C20H19N3O2S3Si/c1-25-12-16-4-6-17(7-5-16)20-9-8-19(24)11-18(20)3-2-10-29(21-13-26,22-14-27)23-15-28/h4-9,11,24H,2-3,10,12H2,1H3. The predicted octanol–water partition coefficient (Wildman–Crippen LogP) is 5.39. The zero-order chi connectivity index (χ0) is 21.1. The molecule has 2 aromatic carbocycles. The number of rotatable bonds is 10. The first-order chi connectivity index (χ1) is 14.1. The van der Waals surface area contributed by atoms with Crippen LogP contribution in [0.5, 0.6) is 5.75 Å². The van der Waals surface area contributed by atoms with E-state index in [-0.39, 0.29) is 5.75 Å². The third-order valence-electron chi connectivity index (χ3n) is 4.30. The Morgan fingerprint density at radius 1 is 0.966 bits per heavy atom. The van der Waals surface area contributed by atoms with Crippen LogP contribution < -0.4 is 0 Å². The molecular formula is C20H19N3O2S3Si. The Labute approximate surface area is 187 Å². The van der Waals surface area contributed by atoms with Crippen molar-refractivity contribution >= 4 is 60.7 Å². The molecule has 0 radical (unpaired) electrons. The normalized spacial score (nSPS) is 12.0. The number of phenolic OH excluding ortho intramolecular Hbond substituents is 1. The van der Waals surface area contributed by atoms with Crippen molar-refractivity contribution in [2.24, 2.45) is 14.0 Å². The second-order valence-corrected chi connectivity index (χ2v) is 9.48. The highest BCUT2D eigenvalue weighted by Gasteiger charge is 2.33. The fourth-order valence-electron chi connectivity index (χ4n) is 2.99. The van der Waals surface area contributed by atoms with Crippen molar-refractivity contribution in [3.8, 4) is 16.9 Å². The number of benzene rings is 2. The van der Waals surface area contributed by atoms with E-state index in [1.54, 1.807) is 19.2 Å². The van der Waals surface area contributed by atoms with Crippen molar-refractivity contribution in [1.82, 2.24) is 0 Å². The van der Waals surface area contributed by atoms with Gasteiger partial charge < -0.3 is 9.84 Å². The number of methoxy groups -OCH3 is 1. The first-order valence-corrected chi connectivity index (χ1v) is 12.0. The molecule has 1 N–H and O–H groups in total. The molecular weight excluding hydrogens is 439 g/mol. The summed E-state index contributed by atoms with van der Waals surface area (Å²) in [5.41, 5.74) is 4.22. The van der Waals surface area contributed by atoms with Crippen LogP contribution in [0, 0.1) is 0 Å². The second-order valence-electron chi connectivity index (χ2n) is 6.21. The molecule has 2 rings (SSSR count). The van der Waals surface area contributed by atoms with Gasteiger partial charge in [0.15, 0.2) is 0 Å². The Balaban J connectivity index is 2.26. The van der Waals surface area contributed by atoms with E-state index in [2.05, 4.69) is 29.5 Å². The van der Waals surface area contributed by atoms with Gasteiger partial charge in [-0.15, -0.1) is 0 Å². The van der Waals surface area contributed by atoms with Gasteiger partial charge in [0, 0.05) is 13.2 Å². The number of phenols is 1. The zero-order valence-corrected chi connectivity index (χ0v) is 19.2. The molecule has 0 bridgehead atoms. The smallest absolute Gasteiger partial charge is 0.461 e. The fraction of sp³-hybridized carbons (Fsp3) is 0.250. The summed E-state index contributed by atoms with van der Waals surface area (Å²) in [5, 5.41) is 17.0. The van der Waals surface area contributed by atoms with Gasteiger partial charge in [0.25, 0.3) is 0 Å². The maximum absolute atomic E-state index is 9.98. The molecule has 9 heteroatoms. The average Bonchev–Trinajstić information content (AvgIpc) is 2.70. The largest absolute Gasteiger partial charge is 0.508 e. The number of hydrogen-bond acceptors (Lipinski definition) is 8. The summed E-state index contributed by atoms with van der Waals surface area (Å²) in [7, 11) is -1.25. The molecule has 148 valence electrons. The molecule has 0 heterocycles. The Hall–Kier alpha value is -2.18. The van der Waals surface area contributed by atoms with Crippen LogP contribution in [-0.4, -0.2) is 36.3 Å². The van der Waals surface area contributed by atoms with E-state index in [0.29, 0.717) is 25.5 Å². The molecule has 0 saturated carbocycles. The summed E-state index contributed by atoms with van der Waals surface area (Å²) in [6, 6.07) is 14.1. The summed E-state index contributed by atoms with van der Waals surface area (Å²) in [6.07, 6.45) is 1.39. The van der Waals surface area contributed by atoms with Gasteiger partial charge in [-0.05, 0) is 83.9 Å². The lowest BCUT2D eigenvalue weighted by molar-refractivity contribution is 0.185. The molecule has 0 spiro atoms. The van der Waals surface area contributed by atoms with Gasteiger partial charge in [0.2, 0.25) is 0 Å². The van der Waals surface area contributed by atoms with E-state index in [9.17, 15) is 5.11 Å². The highest BCUT2D eigenvalue weighted by atomic mass is 32.1. The van der Waals surface area contributed by atoms with Crippen molar-refractivity contribution in [1.29, 1.82) is 0 Å². The summed E-state index contributed by atoms with van der Waals surface area (Å²) < 4.78 is 17.6. The summed E-state index contributed by atoms with van der Waals surface area (Å²) in [6.45, 7) is 0.566. The minimum atomic E-state index is -2.92. The van der Waals surface area contributed by atoms with Crippen molar-refractivity contribution in [2.75, 3.05) is 7.11 Å². The van der Waals surface area contributed by atoms with Gasteiger partial charge in [-0.25, -0.2) is 14.0 Å². The molecule has 0 aliphatic heterocycles. The van der Waals surface area contributed by atoms with Gasteiger partial charge in [-0.2, -0.15) is 0 Å². The van der Waals surface area contributed by atoms with E-state index >= 15 is 0 Å². The topological polar surface area (TPSA) is 66.5 Å². The lowest BCUT2D eigenvalue weighted by Gasteiger charge is -2.14. The lowest BCUT2D eigenvalue weighted by Crippen LogP contribution is -2.27. The molecule has 2 aromatic rings. The van der Waals surface area contributed by atoms with Gasteiger partial charge in [-0.1, -0.05) is 30.3 Å². The van der Waals surface area contributed by atoms with E-state index in [1.807, 2.05) is 30.3 Å². The number of aromatic hydroxyl groups is 1. The van der Waals surface area contributed by atoms with Crippen LogP contribution in [0.1, 0.15) is 17.5 Å². The lowest BCUT2D eigenvalue weighted by atomic mass is 9.96. The molecule has 5 nitrogen and oxygen atoms in total. The number of isothiocyanates is 3. The van der Waals surface area contributed by atoms with Crippen molar-refractivity contribution in [3.63, 3.8) is 0 Å². The van der Waals surface area contributed by atoms with Gasteiger partial charge >= 0.3 is 8.56 Å². The monoisotopic (exact) mass is 457 g/mol. The Morgan fingerprint density at radius 2 is 1.59 bits per heavy atom. The third-order valence-corrected chi connectivity index (χ3v) is 7.49. The molecule has 0 fully saturated rings. The second kappa shape index (κ2) is 11.7. The first kappa shape index (κ1) is 23.1. The molecule has 0 aromatic heterocycles. The van der Waals surface area contributed by atoms with E-state index in [1.165, 1.54) is 0 Å². The molecule has 0 atom stereocenters. The molecule has 29 heavy (non-hydrogen) atoms. The van der Waals surface area contributed by atoms with E-state index in [4.69, 9.17) is 41.4 Å². The van der Waals surface area contributed by atoms with Crippen LogP contribution in [0.25, 0.3) is 11.1 Å². The number of thiocarbonyl (C=S) groups is 3. The summed E-state index contributed by atoms with van der Waals surface area (Å²) in [4.78, 5) is 0. The van der Waals surface area contributed by atoms with Crippen LogP contribution in [0.15, 0.2) is 56.4 Å². The summed E-state index contributed by atoms with van der Waals surface area (Å²) in [5.74, 6) is 0.217. The molecule has 0 unspecified atom stereocenters. The third kappa shape index (κ3) is 6.68.